The van der Waals surface area contributed by atoms with Crippen LogP contribution >= 0.6 is 0 Å². The van der Waals surface area contributed by atoms with Crippen molar-refractivity contribution >= 4 is 6.09 Å². The van der Waals surface area contributed by atoms with Crippen LogP contribution in [-0.2, 0) is 15.9 Å². The Balaban J connectivity index is 2.05. The average molecular weight is 321 g/mol. The summed E-state index contributed by atoms with van der Waals surface area (Å²) in [6, 6.07) is 9.33. The molecule has 0 radical (unpaired) electrons. The molecule has 0 saturated carbocycles. The molecule has 23 heavy (non-hydrogen) atoms. The quantitative estimate of drug-likeness (QED) is 0.875. The van der Waals surface area contributed by atoms with E-state index in [4.69, 9.17) is 9.47 Å². The SMILES string of the molecule is CC(C)(C)OC(=O)NC(Cc1ccccc1)C(O)C1CCCO1. The molecule has 0 spiro atoms. The molecule has 1 aliphatic heterocycles. The summed E-state index contributed by atoms with van der Waals surface area (Å²) in [5, 5.41) is 13.4. The molecule has 1 saturated heterocycles. The van der Waals surface area contributed by atoms with Crippen LogP contribution in [0.4, 0.5) is 4.79 Å². The topological polar surface area (TPSA) is 67.8 Å². The summed E-state index contributed by atoms with van der Waals surface area (Å²) in [5.41, 5.74) is 0.474. The highest BCUT2D eigenvalue weighted by molar-refractivity contribution is 5.68. The molecule has 1 fully saturated rings. The summed E-state index contributed by atoms with van der Waals surface area (Å²) in [6.07, 6.45) is 0.759. The van der Waals surface area contributed by atoms with Gasteiger partial charge in [-0.3, -0.25) is 0 Å². The van der Waals surface area contributed by atoms with Crippen LogP contribution < -0.4 is 5.32 Å². The van der Waals surface area contributed by atoms with Crippen molar-refractivity contribution in [2.24, 2.45) is 0 Å². The van der Waals surface area contributed by atoms with Crippen LogP contribution in [-0.4, -0.2) is 41.7 Å². The van der Waals surface area contributed by atoms with Gasteiger partial charge in [-0.25, -0.2) is 4.79 Å². The summed E-state index contributed by atoms with van der Waals surface area (Å²) >= 11 is 0. The maximum absolute atomic E-state index is 12.1. The fourth-order valence-corrected chi connectivity index (χ4v) is 2.72. The molecule has 5 heteroatoms. The van der Waals surface area contributed by atoms with E-state index >= 15 is 0 Å². The summed E-state index contributed by atoms with van der Waals surface area (Å²) in [6.45, 7) is 6.10. The molecule has 3 atom stereocenters. The van der Waals surface area contributed by atoms with E-state index in [1.54, 1.807) is 0 Å². The average Bonchev–Trinajstić information content (AvgIpc) is 2.99. The molecule has 1 heterocycles. The minimum Gasteiger partial charge on any atom is -0.444 e. The minimum atomic E-state index is -0.759. The van der Waals surface area contributed by atoms with E-state index < -0.39 is 23.8 Å². The first-order valence-electron chi connectivity index (χ1n) is 8.18. The van der Waals surface area contributed by atoms with Gasteiger partial charge in [0.2, 0.25) is 0 Å². The number of amides is 1. The molecule has 1 aromatic carbocycles. The lowest BCUT2D eigenvalue weighted by Crippen LogP contribution is -2.50. The van der Waals surface area contributed by atoms with E-state index in [2.05, 4.69) is 5.32 Å². The first kappa shape index (κ1) is 17.8. The summed E-state index contributed by atoms with van der Waals surface area (Å²) in [5.74, 6) is 0. The number of alkyl carbamates (subject to hydrolysis) is 1. The van der Waals surface area contributed by atoms with Crippen LogP contribution in [0.2, 0.25) is 0 Å². The van der Waals surface area contributed by atoms with Gasteiger partial charge in [0, 0.05) is 6.61 Å². The van der Waals surface area contributed by atoms with Gasteiger partial charge in [0.15, 0.2) is 0 Å². The predicted molar refractivity (Wildman–Crippen MR) is 88.3 cm³/mol. The first-order valence-corrected chi connectivity index (χ1v) is 8.18. The Hall–Kier alpha value is -1.59. The largest absolute Gasteiger partial charge is 0.444 e. The number of ether oxygens (including phenoxy) is 2. The monoisotopic (exact) mass is 321 g/mol. The number of hydrogen-bond donors (Lipinski definition) is 2. The molecule has 0 aliphatic carbocycles. The third-order valence-electron chi connectivity index (χ3n) is 3.76. The van der Waals surface area contributed by atoms with Crippen molar-refractivity contribution < 1.29 is 19.4 Å². The third kappa shape index (κ3) is 5.84. The predicted octanol–water partition coefficient (Wildman–Crippen LogP) is 2.66. The van der Waals surface area contributed by atoms with Crippen molar-refractivity contribution in [3.05, 3.63) is 35.9 Å². The zero-order valence-corrected chi connectivity index (χ0v) is 14.1. The second kappa shape index (κ2) is 7.79. The lowest BCUT2D eigenvalue weighted by atomic mass is 9.96. The molecule has 0 aromatic heterocycles. The van der Waals surface area contributed by atoms with Crippen molar-refractivity contribution in [3.63, 3.8) is 0 Å². The Morgan fingerprint density at radius 1 is 1.39 bits per heavy atom. The molecular formula is C18H27NO4. The second-order valence-corrected chi connectivity index (χ2v) is 6.98. The van der Waals surface area contributed by atoms with Crippen LogP contribution in [0.3, 0.4) is 0 Å². The maximum atomic E-state index is 12.1. The van der Waals surface area contributed by atoms with E-state index in [1.807, 2.05) is 51.1 Å². The molecule has 2 rings (SSSR count). The lowest BCUT2D eigenvalue weighted by Gasteiger charge is -2.29. The van der Waals surface area contributed by atoms with Crippen LogP contribution in [0.5, 0.6) is 0 Å². The number of aliphatic hydroxyl groups is 1. The molecule has 1 amide bonds. The summed E-state index contributed by atoms with van der Waals surface area (Å²) in [7, 11) is 0. The fourth-order valence-electron chi connectivity index (χ4n) is 2.72. The minimum absolute atomic E-state index is 0.237. The number of benzene rings is 1. The van der Waals surface area contributed by atoms with Crippen molar-refractivity contribution in [1.29, 1.82) is 0 Å². The highest BCUT2D eigenvalue weighted by Gasteiger charge is 2.33. The van der Waals surface area contributed by atoms with Gasteiger partial charge >= 0.3 is 6.09 Å². The number of hydrogen-bond acceptors (Lipinski definition) is 4. The van der Waals surface area contributed by atoms with Crippen molar-refractivity contribution in [3.8, 4) is 0 Å². The van der Waals surface area contributed by atoms with Gasteiger partial charge in [-0.1, -0.05) is 30.3 Å². The Morgan fingerprint density at radius 2 is 2.09 bits per heavy atom. The maximum Gasteiger partial charge on any atom is 0.407 e. The van der Waals surface area contributed by atoms with Gasteiger partial charge in [0.25, 0.3) is 0 Å². The third-order valence-corrected chi connectivity index (χ3v) is 3.76. The zero-order chi connectivity index (χ0) is 16.9. The standard InChI is InChI=1S/C18H27NO4/c1-18(2,3)23-17(21)19-14(12-13-8-5-4-6-9-13)16(20)15-10-7-11-22-15/h4-6,8-9,14-16,20H,7,10-12H2,1-3H3,(H,19,21). The van der Waals surface area contributed by atoms with E-state index in [9.17, 15) is 9.90 Å². The van der Waals surface area contributed by atoms with Crippen molar-refractivity contribution in [2.45, 2.75) is 63.9 Å². The van der Waals surface area contributed by atoms with Gasteiger partial charge < -0.3 is 19.9 Å². The van der Waals surface area contributed by atoms with Gasteiger partial charge in [-0.2, -0.15) is 0 Å². The van der Waals surface area contributed by atoms with Gasteiger partial charge in [0.1, 0.15) is 11.7 Å². The fraction of sp³-hybridized carbons (Fsp3) is 0.611. The molecule has 2 N–H and O–H groups in total. The van der Waals surface area contributed by atoms with Crippen LogP contribution in [0, 0.1) is 0 Å². The summed E-state index contributed by atoms with van der Waals surface area (Å²) in [4.78, 5) is 12.1. The normalized spacial score (nSPS) is 20.8. The number of carbonyl (C=O) groups is 1. The van der Waals surface area contributed by atoms with Crippen LogP contribution in [0.25, 0.3) is 0 Å². The Kier molecular flexibility index (Phi) is 6.02. The van der Waals surface area contributed by atoms with Gasteiger partial charge in [0.05, 0.1) is 12.1 Å². The van der Waals surface area contributed by atoms with E-state index in [0.29, 0.717) is 13.0 Å². The molecule has 128 valence electrons. The van der Waals surface area contributed by atoms with E-state index in [-0.39, 0.29) is 6.10 Å². The van der Waals surface area contributed by atoms with Crippen LogP contribution in [0.1, 0.15) is 39.2 Å². The zero-order valence-electron chi connectivity index (χ0n) is 14.1. The molecule has 3 unspecified atom stereocenters. The smallest absolute Gasteiger partial charge is 0.407 e. The molecule has 1 aliphatic rings. The van der Waals surface area contributed by atoms with E-state index in [1.165, 1.54) is 0 Å². The number of rotatable bonds is 5. The molecular weight excluding hydrogens is 294 g/mol. The van der Waals surface area contributed by atoms with E-state index in [0.717, 1.165) is 18.4 Å². The molecule has 5 nitrogen and oxygen atoms in total. The second-order valence-electron chi connectivity index (χ2n) is 6.98. The Morgan fingerprint density at radius 3 is 2.65 bits per heavy atom. The highest BCUT2D eigenvalue weighted by Crippen LogP contribution is 2.20. The van der Waals surface area contributed by atoms with Crippen LogP contribution in [0.15, 0.2) is 30.3 Å². The lowest BCUT2D eigenvalue weighted by molar-refractivity contribution is -0.0234. The number of aliphatic hydroxyl groups excluding tert-OH is 1. The van der Waals surface area contributed by atoms with Gasteiger partial charge in [-0.05, 0) is 45.6 Å². The number of nitrogens with one attached hydrogen (secondary N) is 1. The Bertz CT molecular complexity index is 491. The molecule has 0 bridgehead atoms. The Labute approximate surface area is 138 Å². The van der Waals surface area contributed by atoms with Crippen molar-refractivity contribution in [2.75, 3.05) is 6.61 Å². The number of carbonyl (C=O) groups excluding carboxylic acids is 1. The first-order chi connectivity index (χ1) is 10.8. The van der Waals surface area contributed by atoms with Gasteiger partial charge in [-0.15, -0.1) is 0 Å². The highest BCUT2D eigenvalue weighted by atomic mass is 16.6. The summed E-state index contributed by atoms with van der Waals surface area (Å²) < 4.78 is 10.9. The molecule has 1 aromatic rings. The van der Waals surface area contributed by atoms with Crippen molar-refractivity contribution in [1.82, 2.24) is 5.32 Å².